The summed E-state index contributed by atoms with van der Waals surface area (Å²) in [5, 5.41) is 2.58. The SMILES string of the molecule is COC(=O)c1csc(N2C[C@@H](C)O[C@@H](C)C2)n1. The Morgan fingerprint density at radius 2 is 2.18 bits per heavy atom. The monoisotopic (exact) mass is 256 g/mol. The lowest BCUT2D eigenvalue weighted by Crippen LogP contribution is -2.45. The van der Waals surface area contributed by atoms with Gasteiger partial charge in [0.05, 0.1) is 19.3 Å². The van der Waals surface area contributed by atoms with Gasteiger partial charge >= 0.3 is 5.97 Å². The first-order valence-electron chi connectivity index (χ1n) is 5.54. The Balaban J connectivity index is 2.11. The quantitative estimate of drug-likeness (QED) is 0.751. The molecule has 0 radical (unpaired) electrons. The average molecular weight is 256 g/mol. The van der Waals surface area contributed by atoms with Crippen LogP contribution in [0.3, 0.4) is 0 Å². The molecule has 0 aromatic carbocycles. The molecule has 1 aromatic heterocycles. The molecule has 0 aliphatic carbocycles. The van der Waals surface area contributed by atoms with Gasteiger partial charge in [-0.2, -0.15) is 0 Å². The molecule has 0 spiro atoms. The molecule has 0 N–H and O–H groups in total. The molecule has 2 atom stereocenters. The fourth-order valence-corrected chi connectivity index (χ4v) is 2.76. The highest BCUT2D eigenvalue weighted by Crippen LogP contribution is 2.24. The highest BCUT2D eigenvalue weighted by Gasteiger charge is 2.25. The average Bonchev–Trinajstić information content (AvgIpc) is 2.76. The molecule has 1 fully saturated rings. The van der Waals surface area contributed by atoms with Gasteiger partial charge in [-0.15, -0.1) is 11.3 Å². The molecule has 94 valence electrons. The number of rotatable bonds is 2. The van der Waals surface area contributed by atoms with Crippen LogP contribution in [-0.4, -0.2) is 43.4 Å². The molecule has 1 aromatic rings. The molecule has 1 saturated heterocycles. The van der Waals surface area contributed by atoms with Crippen molar-refractivity contribution in [2.24, 2.45) is 0 Å². The summed E-state index contributed by atoms with van der Waals surface area (Å²) < 4.78 is 10.3. The van der Waals surface area contributed by atoms with E-state index in [9.17, 15) is 4.79 Å². The van der Waals surface area contributed by atoms with Crippen LogP contribution in [-0.2, 0) is 9.47 Å². The Hall–Kier alpha value is -1.14. The van der Waals surface area contributed by atoms with Gasteiger partial charge in [0.1, 0.15) is 0 Å². The van der Waals surface area contributed by atoms with Crippen LogP contribution in [0.25, 0.3) is 0 Å². The van der Waals surface area contributed by atoms with Crippen LogP contribution in [0.2, 0.25) is 0 Å². The van der Waals surface area contributed by atoms with Crippen molar-refractivity contribution < 1.29 is 14.3 Å². The van der Waals surface area contributed by atoms with E-state index in [2.05, 4.69) is 14.6 Å². The summed E-state index contributed by atoms with van der Waals surface area (Å²) in [7, 11) is 1.36. The lowest BCUT2D eigenvalue weighted by atomic mass is 10.2. The lowest BCUT2D eigenvalue weighted by Gasteiger charge is -2.35. The largest absolute Gasteiger partial charge is 0.464 e. The second-order valence-electron chi connectivity index (χ2n) is 4.17. The molecule has 5 nitrogen and oxygen atoms in total. The Bertz CT molecular complexity index is 397. The normalized spacial score (nSPS) is 24.8. The van der Waals surface area contributed by atoms with Crippen LogP contribution in [0.1, 0.15) is 24.3 Å². The van der Waals surface area contributed by atoms with E-state index in [1.807, 2.05) is 13.8 Å². The minimum absolute atomic E-state index is 0.184. The van der Waals surface area contributed by atoms with Crippen LogP contribution in [0.4, 0.5) is 5.13 Å². The number of thiazole rings is 1. The van der Waals surface area contributed by atoms with Crippen LogP contribution in [0.5, 0.6) is 0 Å². The van der Waals surface area contributed by atoms with Gasteiger partial charge in [-0.05, 0) is 13.8 Å². The van der Waals surface area contributed by atoms with Crippen molar-refractivity contribution in [2.45, 2.75) is 26.1 Å². The highest BCUT2D eigenvalue weighted by molar-refractivity contribution is 7.13. The van der Waals surface area contributed by atoms with Gasteiger partial charge in [0.2, 0.25) is 0 Å². The molecule has 2 rings (SSSR count). The fraction of sp³-hybridized carbons (Fsp3) is 0.636. The summed E-state index contributed by atoms with van der Waals surface area (Å²) >= 11 is 1.46. The molecule has 0 saturated carbocycles. The number of methoxy groups -OCH3 is 1. The van der Waals surface area contributed by atoms with Crippen molar-refractivity contribution in [3.05, 3.63) is 11.1 Å². The van der Waals surface area contributed by atoms with E-state index in [1.165, 1.54) is 18.4 Å². The van der Waals surface area contributed by atoms with Gasteiger partial charge in [0.25, 0.3) is 0 Å². The van der Waals surface area contributed by atoms with E-state index in [0.29, 0.717) is 5.69 Å². The number of carbonyl (C=O) groups is 1. The van der Waals surface area contributed by atoms with Crippen LogP contribution >= 0.6 is 11.3 Å². The predicted molar refractivity (Wildman–Crippen MR) is 65.7 cm³/mol. The van der Waals surface area contributed by atoms with E-state index in [4.69, 9.17) is 4.74 Å². The van der Waals surface area contributed by atoms with Gasteiger partial charge < -0.3 is 14.4 Å². The molecule has 0 unspecified atom stereocenters. The van der Waals surface area contributed by atoms with Crippen molar-refractivity contribution in [1.29, 1.82) is 0 Å². The Labute approximate surface area is 104 Å². The number of hydrogen-bond donors (Lipinski definition) is 0. The first kappa shape index (κ1) is 12.3. The second-order valence-corrected chi connectivity index (χ2v) is 5.01. The van der Waals surface area contributed by atoms with Crippen LogP contribution < -0.4 is 4.90 Å². The lowest BCUT2D eigenvalue weighted by molar-refractivity contribution is -0.00523. The van der Waals surface area contributed by atoms with Gasteiger partial charge in [0.15, 0.2) is 10.8 Å². The molecule has 0 amide bonds. The molecule has 6 heteroatoms. The maximum absolute atomic E-state index is 11.3. The van der Waals surface area contributed by atoms with Crippen LogP contribution in [0.15, 0.2) is 5.38 Å². The molecule has 1 aliphatic rings. The number of ether oxygens (including phenoxy) is 2. The van der Waals surface area contributed by atoms with Crippen molar-refractivity contribution in [2.75, 3.05) is 25.1 Å². The zero-order chi connectivity index (χ0) is 12.4. The number of aromatic nitrogens is 1. The third-order valence-corrected chi connectivity index (χ3v) is 3.48. The number of carbonyl (C=O) groups excluding carboxylic acids is 1. The highest BCUT2D eigenvalue weighted by atomic mass is 32.1. The third-order valence-electron chi connectivity index (χ3n) is 2.58. The van der Waals surface area contributed by atoms with Crippen molar-refractivity contribution in [3.63, 3.8) is 0 Å². The van der Waals surface area contributed by atoms with Crippen molar-refractivity contribution >= 4 is 22.4 Å². The van der Waals surface area contributed by atoms with Crippen molar-refractivity contribution in [3.8, 4) is 0 Å². The number of esters is 1. The molecule has 17 heavy (non-hydrogen) atoms. The zero-order valence-electron chi connectivity index (χ0n) is 10.2. The Morgan fingerprint density at radius 1 is 1.53 bits per heavy atom. The van der Waals surface area contributed by atoms with Crippen LogP contribution in [0, 0.1) is 0 Å². The minimum Gasteiger partial charge on any atom is -0.464 e. The summed E-state index contributed by atoms with van der Waals surface area (Å²) in [5.41, 5.74) is 0.374. The number of nitrogens with zero attached hydrogens (tertiary/aromatic N) is 2. The topological polar surface area (TPSA) is 51.7 Å². The van der Waals surface area contributed by atoms with E-state index in [1.54, 1.807) is 5.38 Å². The third kappa shape index (κ3) is 2.76. The summed E-state index contributed by atoms with van der Waals surface area (Å²) in [6.45, 7) is 5.69. The Kier molecular flexibility index (Phi) is 3.63. The maximum Gasteiger partial charge on any atom is 0.357 e. The first-order chi connectivity index (χ1) is 8.10. The molecule has 2 heterocycles. The molecular weight excluding hydrogens is 240 g/mol. The summed E-state index contributed by atoms with van der Waals surface area (Å²) in [4.78, 5) is 17.8. The number of anilines is 1. The molecule has 1 aliphatic heterocycles. The first-order valence-corrected chi connectivity index (χ1v) is 6.42. The zero-order valence-corrected chi connectivity index (χ0v) is 11.0. The minimum atomic E-state index is -0.387. The van der Waals surface area contributed by atoms with E-state index < -0.39 is 0 Å². The van der Waals surface area contributed by atoms with Gasteiger partial charge in [-0.25, -0.2) is 9.78 Å². The van der Waals surface area contributed by atoms with E-state index >= 15 is 0 Å². The standard InChI is InChI=1S/C11H16N2O3S/c1-7-4-13(5-8(2)16-7)11-12-9(6-17-11)10(14)15-3/h6-8H,4-5H2,1-3H3/t7-,8+. The summed E-state index contributed by atoms with van der Waals surface area (Å²) in [6.07, 6.45) is 0.369. The van der Waals surface area contributed by atoms with Gasteiger partial charge in [0, 0.05) is 18.5 Å². The molecule has 0 bridgehead atoms. The van der Waals surface area contributed by atoms with Gasteiger partial charge in [-0.1, -0.05) is 0 Å². The van der Waals surface area contributed by atoms with E-state index in [0.717, 1.165) is 18.2 Å². The maximum atomic E-state index is 11.3. The fourth-order valence-electron chi connectivity index (χ4n) is 1.94. The van der Waals surface area contributed by atoms with Gasteiger partial charge in [-0.3, -0.25) is 0 Å². The summed E-state index contributed by atoms with van der Waals surface area (Å²) in [6, 6.07) is 0. The van der Waals surface area contributed by atoms with E-state index in [-0.39, 0.29) is 18.2 Å². The number of morpholine rings is 1. The predicted octanol–water partition coefficient (Wildman–Crippen LogP) is 1.54. The number of hydrogen-bond acceptors (Lipinski definition) is 6. The smallest absolute Gasteiger partial charge is 0.357 e. The Morgan fingerprint density at radius 3 is 2.76 bits per heavy atom. The van der Waals surface area contributed by atoms with Crippen molar-refractivity contribution in [1.82, 2.24) is 4.98 Å². The molecular formula is C11H16N2O3S. The summed E-state index contributed by atoms with van der Waals surface area (Å²) in [5.74, 6) is -0.387. The second kappa shape index (κ2) is 5.01.